The quantitative estimate of drug-likeness (QED) is 0.174. The molecular formula is C28H35Cl2N3O5Si. The molecule has 0 unspecified atom stereocenters. The van der Waals surface area contributed by atoms with E-state index in [4.69, 9.17) is 41.8 Å². The number of nitrogens with zero attached hydrogens (tertiary/aromatic N) is 3. The highest BCUT2D eigenvalue weighted by atomic mass is 35.5. The van der Waals surface area contributed by atoms with Crippen LogP contribution in [0.25, 0.3) is 11.0 Å². The normalized spacial score (nSPS) is 24.8. The molecule has 4 atom stereocenters. The number of aromatic nitrogens is 3. The number of benzene rings is 1. The Bertz CT molecular complexity index is 1400. The van der Waals surface area contributed by atoms with E-state index in [9.17, 15) is 4.79 Å². The molecule has 4 heterocycles. The fourth-order valence-corrected chi connectivity index (χ4v) is 6.38. The summed E-state index contributed by atoms with van der Waals surface area (Å²) in [4.78, 5) is 22.6. The van der Waals surface area contributed by atoms with Crippen molar-refractivity contribution in [1.29, 1.82) is 0 Å². The summed E-state index contributed by atoms with van der Waals surface area (Å²) in [7, 11) is -1.94. The molecule has 2 aliphatic heterocycles. The van der Waals surface area contributed by atoms with Gasteiger partial charge in [-0.15, -0.1) is 0 Å². The fraction of sp³-hybridized carbons (Fsp3) is 0.536. The third-order valence-electron chi connectivity index (χ3n) is 8.00. The molecule has 0 radical (unpaired) electrons. The van der Waals surface area contributed by atoms with Crippen LogP contribution < -0.4 is 0 Å². The first-order valence-electron chi connectivity index (χ1n) is 13.1. The Morgan fingerprint density at radius 1 is 1.13 bits per heavy atom. The van der Waals surface area contributed by atoms with E-state index in [0.29, 0.717) is 39.8 Å². The van der Waals surface area contributed by atoms with Crippen molar-refractivity contribution in [2.75, 3.05) is 6.61 Å². The van der Waals surface area contributed by atoms with Crippen molar-refractivity contribution < 1.29 is 23.4 Å². The first kappa shape index (κ1) is 28.7. The molecule has 0 aliphatic carbocycles. The minimum atomic E-state index is -1.94. The van der Waals surface area contributed by atoms with Crippen molar-refractivity contribution in [2.45, 2.75) is 89.5 Å². The Balaban J connectivity index is 1.44. The largest absolute Gasteiger partial charge is 0.416 e. The van der Waals surface area contributed by atoms with Gasteiger partial charge >= 0.3 is 0 Å². The van der Waals surface area contributed by atoms with Crippen LogP contribution in [0.4, 0.5) is 0 Å². The van der Waals surface area contributed by atoms with E-state index < -0.39 is 38.6 Å². The number of carbonyl (C=O) groups excluding carboxylic acids is 1. The fourth-order valence-electron chi connectivity index (χ4n) is 4.95. The number of Topliss-reactive ketones (excluding diaryl/α,β-unsaturated/α-hetero) is 1. The molecule has 2 saturated heterocycles. The predicted molar refractivity (Wildman–Crippen MR) is 153 cm³/mol. The number of ether oxygens (including phenoxy) is 3. The maximum atomic E-state index is 14.1. The topological polar surface area (TPSA) is 84.7 Å². The molecule has 2 aromatic heterocycles. The summed E-state index contributed by atoms with van der Waals surface area (Å²) in [6, 6.07) is 7.15. The van der Waals surface area contributed by atoms with Crippen LogP contribution in [0.2, 0.25) is 28.3 Å². The van der Waals surface area contributed by atoms with Gasteiger partial charge in [-0.3, -0.25) is 4.79 Å². The number of ketones is 1. The number of rotatable bonds is 7. The maximum Gasteiger partial charge on any atom is 0.194 e. The average Bonchev–Trinajstić information content (AvgIpc) is 3.49. The van der Waals surface area contributed by atoms with Gasteiger partial charge in [-0.1, -0.05) is 44.0 Å². The lowest BCUT2D eigenvalue weighted by Gasteiger charge is -2.36. The standard InChI is InChI=1S/C28H35Cl2N3O5Si/c1-27(2,3)39(6,7)35-13-11-16-14-17(29)8-9-18(16)20(34)21-22-23(38-28(4,5)37-22)26(36-21)33-12-10-19-24(30)31-15-32-25(19)33/h8-10,12,14-15,21-23,26H,11,13H2,1-7H3/t21-,22-,23-,26-/m1/s1. The van der Waals surface area contributed by atoms with Gasteiger partial charge in [-0.25, -0.2) is 9.97 Å². The molecule has 0 bridgehead atoms. The molecule has 11 heteroatoms. The third kappa shape index (κ3) is 5.42. The van der Waals surface area contributed by atoms with Crippen LogP contribution in [-0.2, 0) is 25.1 Å². The molecule has 3 aromatic rings. The molecule has 8 nitrogen and oxygen atoms in total. The lowest BCUT2D eigenvalue weighted by atomic mass is 9.95. The molecule has 39 heavy (non-hydrogen) atoms. The third-order valence-corrected chi connectivity index (χ3v) is 13.1. The van der Waals surface area contributed by atoms with Gasteiger partial charge in [-0.2, -0.15) is 0 Å². The van der Waals surface area contributed by atoms with Gasteiger partial charge in [0.1, 0.15) is 29.3 Å². The second kappa shape index (κ2) is 10.2. The van der Waals surface area contributed by atoms with Crippen molar-refractivity contribution >= 4 is 48.3 Å². The first-order valence-corrected chi connectivity index (χ1v) is 16.8. The lowest BCUT2D eigenvalue weighted by Crippen LogP contribution is -2.41. The summed E-state index contributed by atoms with van der Waals surface area (Å²) < 4.78 is 27.1. The molecule has 2 fully saturated rings. The molecule has 5 rings (SSSR count). The summed E-state index contributed by atoms with van der Waals surface area (Å²) in [5, 5.41) is 1.69. The second-order valence-corrected chi connectivity index (χ2v) is 17.8. The smallest absolute Gasteiger partial charge is 0.194 e. The van der Waals surface area contributed by atoms with Gasteiger partial charge in [0.05, 0.1) is 5.39 Å². The summed E-state index contributed by atoms with van der Waals surface area (Å²) in [6.45, 7) is 15.2. The summed E-state index contributed by atoms with van der Waals surface area (Å²) in [5.41, 5.74) is 1.95. The summed E-state index contributed by atoms with van der Waals surface area (Å²) in [5.74, 6) is -1.07. The number of hydrogen-bond acceptors (Lipinski definition) is 7. The van der Waals surface area contributed by atoms with E-state index in [0.717, 1.165) is 5.56 Å². The van der Waals surface area contributed by atoms with Gasteiger partial charge in [0.15, 0.2) is 32.2 Å². The van der Waals surface area contributed by atoms with Crippen LogP contribution in [0.1, 0.15) is 56.8 Å². The highest BCUT2D eigenvalue weighted by Gasteiger charge is 2.58. The van der Waals surface area contributed by atoms with Crippen molar-refractivity contribution in [3.05, 3.63) is 58.1 Å². The molecule has 210 valence electrons. The maximum absolute atomic E-state index is 14.1. The number of carbonyl (C=O) groups is 1. The van der Waals surface area contributed by atoms with Crippen molar-refractivity contribution in [3.63, 3.8) is 0 Å². The van der Waals surface area contributed by atoms with E-state index in [1.807, 2.05) is 36.7 Å². The molecule has 2 aliphatic rings. The molecule has 0 spiro atoms. The lowest BCUT2D eigenvalue weighted by molar-refractivity contribution is -0.190. The summed E-state index contributed by atoms with van der Waals surface area (Å²) >= 11 is 12.6. The molecule has 0 amide bonds. The van der Waals surface area contributed by atoms with Crippen LogP contribution in [0.3, 0.4) is 0 Å². The zero-order valence-corrected chi connectivity index (χ0v) is 25.8. The number of hydrogen-bond donors (Lipinski definition) is 0. The molecule has 0 N–H and O–H groups in total. The van der Waals surface area contributed by atoms with E-state index in [1.54, 1.807) is 12.1 Å². The molecule has 1 aromatic carbocycles. The number of fused-ring (bicyclic) bond motifs is 2. The highest BCUT2D eigenvalue weighted by molar-refractivity contribution is 6.74. The van der Waals surface area contributed by atoms with Gasteiger partial charge in [-0.05, 0) is 68.2 Å². The van der Waals surface area contributed by atoms with Gasteiger partial charge in [0.25, 0.3) is 0 Å². The summed E-state index contributed by atoms with van der Waals surface area (Å²) in [6.07, 6.45) is 1.09. The molecular weight excluding hydrogens is 557 g/mol. The van der Waals surface area contributed by atoms with E-state index >= 15 is 0 Å². The van der Waals surface area contributed by atoms with E-state index in [1.165, 1.54) is 6.33 Å². The zero-order valence-electron chi connectivity index (χ0n) is 23.3. The minimum Gasteiger partial charge on any atom is -0.416 e. The first-order chi connectivity index (χ1) is 18.2. The Hall–Kier alpha value is -1.85. The van der Waals surface area contributed by atoms with Crippen LogP contribution >= 0.6 is 23.2 Å². The van der Waals surface area contributed by atoms with Crippen LogP contribution in [0, 0.1) is 0 Å². The number of halogens is 2. The predicted octanol–water partition coefficient (Wildman–Crippen LogP) is 6.60. The highest BCUT2D eigenvalue weighted by Crippen LogP contribution is 2.45. The van der Waals surface area contributed by atoms with Crippen LogP contribution in [0.15, 0.2) is 36.8 Å². The van der Waals surface area contributed by atoms with Crippen LogP contribution in [-0.4, -0.2) is 59.3 Å². The van der Waals surface area contributed by atoms with Crippen molar-refractivity contribution in [2.24, 2.45) is 0 Å². The second-order valence-electron chi connectivity index (χ2n) is 12.2. The Morgan fingerprint density at radius 2 is 1.85 bits per heavy atom. The van der Waals surface area contributed by atoms with Gasteiger partial charge < -0.3 is 23.2 Å². The SMILES string of the molecule is CC1(C)O[C@@H]2[C@H](O1)[C@@H](C(=O)c1ccc(Cl)cc1CCO[Si](C)(C)C(C)(C)C)O[C@H]2n1ccc2c(Cl)ncnc21. The van der Waals surface area contributed by atoms with Gasteiger partial charge in [0.2, 0.25) is 0 Å². The van der Waals surface area contributed by atoms with Crippen molar-refractivity contribution in [1.82, 2.24) is 14.5 Å². The molecule has 0 saturated carbocycles. The van der Waals surface area contributed by atoms with E-state index in [2.05, 4.69) is 43.8 Å². The Morgan fingerprint density at radius 3 is 2.56 bits per heavy atom. The average molecular weight is 593 g/mol. The van der Waals surface area contributed by atoms with Gasteiger partial charge in [0, 0.05) is 23.4 Å². The Labute approximate surface area is 240 Å². The minimum absolute atomic E-state index is 0.0894. The van der Waals surface area contributed by atoms with E-state index in [-0.39, 0.29) is 10.8 Å². The van der Waals surface area contributed by atoms with Crippen LogP contribution in [0.5, 0.6) is 0 Å². The Kier molecular flexibility index (Phi) is 7.50. The van der Waals surface area contributed by atoms with Crippen molar-refractivity contribution in [3.8, 4) is 0 Å². The zero-order chi connectivity index (χ0) is 28.3. The monoisotopic (exact) mass is 591 g/mol.